The van der Waals surface area contributed by atoms with Crippen molar-refractivity contribution < 1.29 is 19.8 Å². The first-order chi connectivity index (χ1) is 9.99. The maximum atomic E-state index is 12.0. The fraction of sp³-hybridized carbons (Fsp3) is 0.583. The molecule has 2 rings (SSSR count). The van der Waals surface area contributed by atoms with Crippen molar-refractivity contribution >= 4 is 28.5 Å². The van der Waals surface area contributed by atoms with Crippen molar-refractivity contribution in [2.45, 2.75) is 19.1 Å². The number of nitrogens with one attached hydrogen (secondary N) is 1. The predicted octanol–water partition coefficient (Wildman–Crippen LogP) is -0.191. The molecule has 0 spiro atoms. The number of anilines is 1. The minimum atomic E-state index is -1.30. The molecule has 1 aliphatic rings. The molecular formula is C12H18N4O4S. The monoisotopic (exact) mass is 314 g/mol. The molecule has 0 saturated carbocycles. The molecule has 1 saturated heterocycles. The van der Waals surface area contributed by atoms with Crippen molar-refractivity contribution in [3.8, 4) is 0 Å². The molecule has 1 fully saturated rings. The summed E-state index contributed by atoms with van der Waals surface area (Å²) in [6.45, 7) is 3.59. The number of piperazine rings is 1. The second-order valence-electron chi connectivity index (χ2n) is 4.79. The van der Waals surface area contributed by atoms with E-state index in [1.165, 1.54) is 6.92 Å². The van der Waals surface area contributed by atoms with E-state index in [0.29, 0.717) is 26.2 Å². The SMILES string of the molecule is C[C@@H](O)[C@H](NC(=O)N1CCN(c2nccs2)CC1)C(=O)O. The first-order valence-corrected chi connectivity index (χ1v) is 7.47. The number of amides is 2. The number of rotatable bonds is 4. The number of aliphatic carboxylic acids is 1. The molecule has 1 aliphatic heterocycles. The topological polar surface area (TPSA) is 106 Å². The zero-order chi connectivity index (χ0) is 15.4. The van der Waals surface area contributed by atoms with Gasteiger partial charge in [-0.1, -0.05) is 0 Å². The summed E-state index contributed by atoms with van der Waals surface area (Å²) in [7, 11) is 0. The minimum absolute atomic E-state index is 0.470. The number of carbonyl (C=O) groups is 2. The lowest BCUT2D eigenvalue weighted by Gasteiger charge is -2.35. The molecule has 8 nitrogen and oxygen atoms in total. The van der Waals surface area contributed by atoms with Crippen molar-refractivity contribution in [1.29, 1.82) is 0 Å². The number of carboxylic acid groups (broad SMARTS) is 1. The Bertz CT molecular complexity index is 485. The number of aromatic nitrogens is 1. The molecular weight excluding hydrogens is 296 g/mol. The number of carbonyl (C=O) groups excluding carboxylic acids is 1. The molecule has 116 valence electrons. The maximum Gasteiger partial charge on any atom is 0.328 e. The summed E-state index contributed by atoms with van der Waals surface area (Å²) >= 11 is 1.54. The standard InChI is InChI=1S/C12H18N4O4S/c1-8(17)9(10(18)19)14-11(20)15-3-5-16(6-4-15)12-13-2-7-21-12/h2,7-9,17H,3-6H2,1H3,(H,14,20)(H,18,19)/t8-,9+/m1/s1. The average Bonchev–Trinajstić information content (AvgIpc) is 2.98. The molecule has 0 radical (unpaired) electrons. The van der Waals surface area contributed by atoms with Crippen LogP contribution < -0.4 is 10.2 Å². The third-order valence-electron chi connectivity index (χ3n) is 3.28. The maximum absolute atomic E-state index is 12.0. The Kier molecular flexibility index (Phi) is 4.97. The molecule has 9 heteroatoms. The van der Waals surface area contributed by atoms with Crippen LogP contribution in [-0.2, 0) is 4.79 Å². The second kappa shape index (κ2) is 6.72. The number of thiazole rings is 1. The van der Waals surface area contributed by atoms with E-state index >= 15 is 0 Å². The molecule has 2 atom stereocenters. The van der Waals surface area contributed by atoms with Gasteiger partial charge in [0.15, 0.2) is 11.2 Å². The van der Waals surface area contributed by atoms with Gasteiger partial charge in [0.2, 0.25) is 0 Å². The summed E-state index contributed by atoms with van der Waals surface area (Å²) in [5.41, 5.74) is 0. The van der Waals surface area contributed by atoms with Gasteiger partial charge in [0.05, 0.1) is 6.10 Å². The van der Waals surface area contributed by atoms with Crippen LogP contribution in [-0.4, -0.2) is 70.4 Å². The van der Waals surface area contributed by atoms with Crippen LogP contribution in [0.15, 0.2) is 11.6 Å². The summed E-state index contributed by atoms with van der Waals surface area (Å²) in [4.78, 5) is 30.8. The number of aliphatic hydroxyl groups excluding tert-OH is 1. The van der Waals surface area contributed by atoms with E-state index in [2.05, 4.69) is 15.2 Å². The van der Waals surface area contributed by atoms with E-state index in [1.54, 1.807) is 22.4 Å². The van der Waals surface area contributed by atoms with E-state index in [1.807, 2.05) is 5.38 Å². The molecule has 21 heavy (non-hydrogen) atoms. The van der Waals surface area contributed by atoms with Crippen LogP contribution in [0.1, 0.15) is 6.92 Å². The molecule has 0 bridgehead atoms. The van der Waals surface area contributed by atoms with Crippen molar-refractivity contribution in [2.75, 3.05) is 31.1 Å². The van der Waals surface area contributed by atoms with Gasteiger partial charge < -0.3 is 25.3 Å². The summed E-state index contributed by atoms with van der Waals surface area (Å²) < 4.78 is 0. The van der Waals surface area contributed by atoms with E-state index in [4.69, 9.17) is 5.11 Å². The normalized spacial score (nSPS) is 18.2. The lowest BCUT2D eigenvalue weighted by Crippen LogP contribution is -2.56. The summed E-state index contributed by atoms with van der Waals surface area (Å²) in [6, 6.07) is -1.77. The average molecular weight is 314 g/mol. The third kappa shape index (κ3) is 3.82. The van der Waals surface area contributed by atoms with Gasteiger partial charge >= 0.3 is 12.0 Å². The zero-order valence-corrected chi connectivity index (χ0v) is 12.4. The number of hydrogen-bond acceptors (Lipinski definition) is 6. The van der Waals surface area contributed by atoms with Crippen LogP contribution in [0.2, 0.25) is 0 Å². The van der Waals surface area contributed by atoms with Gasteiger partial charge in [-0.15, -0.1) is 11.3 Å². The lowest BCUT2D eigenvalue weighted by atomic mass is 10.2. The van der Waals surface area contributed by atoms with E-state index in [9.17, 15) is 14.7 Å². The van der Waals surface area contributed by atoms with Crippen LogP contribution >= 0.6 is 11.3 Å². The first kappa shape index (κ1) is 15.5. The molecule has 2 heterocycles. The molecule has 1 aromatic rings. The first-order valence-electron chi connectivity index (χ1n) is 6.60. The number of urea groups is 1. The highest BCUT2D eigenvalue weighted by atomic mass is 32.1. The van der Waals surface area contributed by atoms with Gasteiger partial charge in [-0.05, 0) is 6.92 Å². The number of nitrogens with zero attached hydrogens (tertiary/aromatic N) is 3. The van der Waals surface area contributed by atoms with Gasteiger partial charge in [-0.3, -0.25) is 0 Å². The Labute approximate surface area is 126 Å². The van der Waals surface area contributed by atoms with Crippen LogP contribution in [0.5, 0.6) is 0 Å². The molecule has 1 aromatic heterocycles. The highest BCUT2D eigenvalue weighted by Gasteiger charge is 2.29. The summed E-state index contributed by atoms with van der Waals surface area (Å²) in [5.74, 6) is -1.25. The fourth-order valence-electron chi connectivity index (χ4n) is 2.09. The smallest absolute Gasteiger partial charge is 0.328 e. The predicted molar refractivity (Wildman–Crippen MR) is 77.5 cm³/mol. The van der Waals surface area contributed by atoms with Crippen LogP contribution in [0.4, 0.5) is 9.93 Å². The van der Waals surface area contributed by atoms with Crippen LogP contribution in [0, 0.1) is 0 Å². The van der Waals surface area contributed by atoms with Crippen molar-refractivity contribution in [1.82, 2.24) is 15.2 Å². The van der Waals surface area contributed by atoms with E-state index < -0.39 is 24.1 Å². The fourth-order valence-corrected chi connectivity index (χ4v) is 2.78. The van der Waals surface area contributed by atoms with E-state index in [0.717, 1.165) is 5.13 Å². The number of carboxylic acids is 1. The molecule has 0 aliphatic carbocycles. The zero-order valence-electron chi connectivity index (χ0n) is 11.6. The van der Waals surface area contributed by atoms with Crippen LogP contribution in [0.25, 0.3) is 0 Å². The Hall–Kier alpha value is -1.87. The van der Waals surface area contributed by atoms with Gasteiger partial charge in [0.25, 0.3) is 0 Å². The van der Waals surface area contributed by atoms with Gasteiger partial charge in [-0.2, -0.15) is 0 Å². The number of aliphatic hydroxyl groups is 1. The summed E-state index contributed by atoms with van der Waals surface area (Å²) in [5, 5.41) is 23.5. The van der Waals surface area contributed by atoms with Crippen molar-refractivity contribution in [2.24, 2.45) is 0 Å². The molecule has 2 amide bonds. The van der Waals surface area contributed by atoms with Crippen molar-refractivity contribution in [3.05, 3.63) is 11.6 Å². The Balaban J connectivity index is 1.87. The number of hydrogen-bond donors (Lipinski definition) is 3. The molecule has 0 aromatic carbocycles. The quantitative estimate of drug-likeness (QED) is 0.711. The second-order valence-corrected chi connectivity index (χ2v) is 5.67. The van der Waals surface area contributed by atoms with E-state index in [-0.39, 0.29) is 0 Å². The highest BCUT2D eigenvalue weighted by Crippen LogP contribution is 2.18. The Morgan fingerprint density at radius 2 is 2.05 bits per heavy atom. The van der Waals surface area contributed by atoms with Crippen LogP contribution in [0.3, 0.4) is 0 Å². The lowest BCUT2D eigenvalue weighted by molar-refractivity contribution is -0.141. The highest BCUT2D eigenvalue weighted by molar-refractivity contribution is 7.13. The van der Waals surface area contributed by atoms with Gasteiger partial charge in [0, 0.05) is 37.8 Å². The van der Waals surface area contributed by atoms with Gasteiger partial charge in [0.1, 0.15) is 0 Å². The van der Waals surface area contributed by atoms with Gasteiger partial charge in [-0.25, -0.2) is 14.6 Å². The minimum Gasteiger partial charge on any atom is -0.480 e. The Morgan fingerprint density at radius 3 is 2.52 bits per heavy atom. The Morgan fingerprint density at radius 1 is 1.38 bits per heavy atom. The third-order valence-corrected chi connectivity index (χ3v) is 4.12. The van der Waals surface area contributed by atoms with Crippen molar-refractivity contribution in [3.63, 3.8) is 0 Å². The largest absolute Gasteiger partial charge is 0.480 e. The molecule has 3 N–H and O–H groups in total. The molecule has 0 unspecified atom stereocenters. The summed E-state index contributed by atoms with van der Waals surface area (Å²) in [6.07, 6.45) is 0.585.